The summed E-state index contributed by atoms with van der Waals surface area (Å²) in [5, 5.41) is 9.74. The fourth-order valence-electron chi connectivity index (χ4n) is 2.11. The summed E-state index contributed by atoms with van der Waals surface area (Å²) in [5.74, 6) is -2.86. The molecular formula is C16H30Na2O11S2. The Kier molecular flexibility index (Phi) is 30.0. The van der Waals surface area contributed by atoms with E-state index >= 15 is 0 Å². The first kappa shape index (κ1) is 39.0. The number of hydrogen-bond acceptors (Lipinski definition) is 10. The third-order valence-corrected chi connectivity index (χ3v) is 4.31. The Balaban J connectivity index is -0.000000232. The van der Waals surface area contributed by atoms with Crippen LogP contribution in [0.25, 0.3) is 0 Å². The van der Waals surface area contributed by atoms with E-state index in [1.165, 1.54) is 44.9 Å². The molecule has 0 fully saturated rings. The van der Waals surface area contributed by atoms with Crippen LogP contribution in [0.4, 0.5) is 0 Å². The van der Waals surface area contributed by atoms with Gasteiger partial charge in [-0.15, -0.1) is 0 Å². The minimum Gasteiger partial charge on any atom is -0.726 e. The fourth-order valence-corrected chi connectivity index (χ4v) is 2.75. The average Bonchev–Trinajstić information content (AvgIpc) is 2.56. The molecule has 0 aromatic carbocycles. The number of hydrogen-bond donors (Lipinski definition) is 1. The molecule has 0 aliphatic rings. The van der Waals surface area contributed by atoms with E-state index in [1.807, 2.05) is 0 Å². The molecule has 0 saturated heterocycles. The maximum Gasteiger partial charge on any atom is 1.00 e. The van der Waals surface area contributed by atoms with E-state index in [9.17, 15) is 36.1 Å². The smallest absolute Gasteiger partial charge is 0.726 e. The molecule has 0 aromatic heterocycles. The second-order valence-electron chi connectivity index (χ2n) is 6.17. The maximum absolute atomic E-state index is 10.3. The van der Waals surface area contributed by atoms with Crippen LogP contribution >= 0.6 is 0 Å². The monoisotopic (exact) mass is 508 g/mol. The summed E-state index contributed by atoms with van der Waals surface area (Å²) < 4.78 is 65.4. The van der Waals surface area contributed by atoms with Crippen molar-refractivity contribution < 1.29 is 108 Å². The fraction of sp³-hybridized carbons (Fsp3) is 0.875. The van der Waals surface area contributed by atoms with Gasteiger partial charge in [-0.05, 0) is 12.8 Å². The van der Waals surface area contributed by atoms with E-state index in [1.54, 1.807) is 0 Å². The Bertz CT molecular complexity index is 652. The molecule has 0 bridgehead atoms. The van der Waals surface area contributed by atoms with Crippen molar-refractivity contribution in [2.24, 2.45) is 0 Å². The van der Waals surface area contributed by atoms with Gasteiger partial charge in [-0.1, -0.05) is 64.7 Å². The van der Waals surface area contributed by atoms with Crippen molar-refractivity contribution in [1.82, 2.24) is 0 Å². The van der Waals surface area contributed by atoms with E-state index in [-0.39, 0.29) is 65.7 Å². The van der Waals surface area contributed by atoms with Gasteiger partial charge in [0.1, 0.15) is 0 Å². The zero-order valence-electron chi connectivity index (χ0n) is 18.5. The largest absolute Gasteiger partial charge is 1.00 e. The minimum absolute atomic E-state index is 0. The third-order valence-electron chi connectivity index (χ3n) is 3.46. The Morgan fingerprint density at radius 3 is 1.58 bits per heavy atom. The van der Waals surface area contributed by atoms with Gasteiger partial charge in [0.2, 0.25) is 10.4 Å². The van der Waals surface area contributed by atoms with E-state index < -0.39 is 45.6 Å². The molecule has 0 spiro atoms. The Morgan fingerprint density at radius 1 is 0.806 bits per heavy atom. The molecule has 15 heteroatoms. The number of unbranched alkanes of at least 4 members (excludes halogenated alkanes) is 9. The minimum atomic E-state index is -4.83. The van der Waals surface area contributed by atoms with Gasteiger partial charge >= 0.3 is 75.5 Å². The van der Waals surface area contributed by atoms with Gasteiger partial charge in [-0.25, -0.2) is 8.42 Å². The quantitative estimate of drug-likeness (QED) is 0.0912. The van der Waals surface area contributed by atoms with Crippen LogP contribution in [0.2, 0.25) is 0 Å². The Morgan fingerprint density at radius 2 is 1.23 bits per heavy atom. The molecule has 174 valence electrons. The van der Waals surface area contributed by atoms with Gasteiger partial charge < -0.3 is 18.6 Å². The van der Waals surface area contributed by atoms with E-state index in [4.69, 9.17) is 4.55 Å². The zero-order valence-corrected chi connectivity index (χ0v) is 24.2. The second kappa shape index (κ2) is 23.9. The molecule has 0 saturated carbocycles. The Hall–Kier alpha value is 0.720. The predicted molar refractivity (Wildman–Crippen MR) is 99.4 cm³/mol. The second-order valence-corrected chi connectivity index (χ2v) is 8.24. The van der Waals surface area contributed by atoms with Crippen LogP contribution < -0.4 is 64.2 Å². The van der Waals surface area contributed by atoms with Gasteiger partial charge in [-0.2, -0.15) is 8.42 Å². The van der Waals surface area contributed by atoms with E-state index in [0.29, 0.717) is 6.42 Å². The topological polar surface area (TPSA) is 187 Å². The van der Waals surface area contributed by atoms with Gasteiger partial charge in [0.25, 0.3) is 0 Å². The molecule has 0 aromatic rings. The van der Waals surface area contributed by atoms with Crippen LogP contribution in [0.5, 0.6) is 0 Å². The van der Waals surface area contributed by atoms with E-state index in [0.717, 1.165) is 12.8 Å². The molecule has 0 unspecified atom stereocenters. The van der Waals surface area contributed by atoms with Crippen LogP contribution in [-0.2, 0) is 38.8 Å². The van der Waals surface area contributed by atoms with E-state index in [2.05, 4.69) is 15.3 Å². The standard InChI is InChI=1S/C12H26O4S.C4H6O7S.2Na/c1-2-3-4-5-6-7-8-9-10-11-12-16-17(13,14)15;5-3(6)1-2-4(7)11-12(8,9)10;;/h2-12H2,1H3,(H,13,14,15);1-2H2,(H,5,6)(H,8,9,10);;/q;;2*+1/p-2. The van der Waals surface area contributed by atoms with Crippen molar-refractivity contribution in [3.05, 3.63) is 0 Å². The van der Waals surface area contributed by atoms with Crippen molar-refractivity contribution in [2.45, 2.75) is 84.0 Å². The van der Waals surface area contributed by atoms with Crippen LogP contribution in [0.15, 0.2) is 0 Å². The number of carboxylic acids is 1. The number of carbonyl (C=O) groups is 2. The molecule has 0 atom stereocenters. The molecule has 0 radical (unpaired) electrons. The van der Waals surface area contributed by atoms with Crippen LogP contribution in [0.3, 0.4) is 0 Å². The number of carboxylic acid groups (broad SMARTS) is 1. The summed E-state index contributed by atoms with van der Waals surface area (Å²) in [4.78, 5) is 20.0. The SMILES string of the molecule is CCCCCCCCCCCCOS(=O)(=O)[O-].O=C([O-])CCC(=O)OS(=O)(=O)O.[Na+].[Na+]. The van der Waals surface area contributed by atoms with Crippen LogP contribution in [-0.4, -0.2) is 44.5 Å². The van der Waals surface area contributed by atoms with Crippen molar-refractivity contribution >= 4 is 32.7 Å². The zero-order chi connectivity index (χ0) is 22.8. The van der Waals surface area contributed by atoms with Crippen LogP contribution in [0.1, 0.15) is 84.0 Å². The molecule has 31 heavy (non-hydrogen) atoms. The molecule has 1 N–H and O–H groups in total. The Labute approximate surface area is 229 Å². The first-order valence-corrected chi connectivity index (χ1v) is 12.1. The number of rotatable bonds is 16. The predicted octanol–water partition coefficient (Wildman–Crippen LogP) is -4.75. The van der Waals surface area contributed by atoms with Crippen molar-refractivity contribution in [3.8, 4) is 0 Å². The third kappa shape index (κ3) is 41.5. The number of aliphatic carboxylic acids is 1. The summed E-state index contributed by atoms with van der Waals surface area (Å²) in [6.45, 7) is 2.24. The summed E-state index contributed by atoms with van der Waals surface area (Å²) in [5.41, 5.74) is 0. The average molecular weight is 509 g/mol. The summed E-state index contributed by atoms with van der Waals surface area (Å²) in [6, 6.07) is 0. The summed E-state index contributed by atoms with van der Waals surface area (Å²) in [6.07, 6.45) is 10.4. The summed E-state index contributed by atoms with van der Waals surface area (Å²) >= 11 is 0. The van der Waals surface area contributed by atoms with Crippen molar-refractivity contribution in [3.63, 3.8) is 0 Å². The van der Waals surface area contributed by atoms with Crippen molar-refractivity contribution in [2.75, 3.05) is 6.61 Å². The van der Waals surface area contributed by atoms with Crippen molar-refractivity contribution in [1.29, 1.82) is 0 Å². The molecular weight excluding hydrogens is 478 g/mol. The molecule has 0 amide bonds. The maximum atomic E-state index is 10.3. The van der Waals surface area contributed by atoms with Gasteiger partial charge in [0, 0.05) is 5.97 Å². The normalized spacial score (nSPS) is 10.7. The molecule has 11 nitrogen and oxygen atoms in total. The number of carbonyl (C=O) groups excluding carboxylic acids is 2. The van der Waals surface area contributed by atoms with Crippen LogP contribution in [0, 0.1) is 0 Å². The molecule has 0 rings (SSSR count). The van der Waals surface area contributed by atoms with Gasteiger partial charge in [-0.3, -0.25) is 13.5 Å². The first-order chi connectivity index (χ1) is 13.4. The molecule has 0 aliphatic heterocycles. The van der Waals surface area contributed by atoms with Gasteiger partial charge in [0.05, 0.1) is 13.0 Å². The first-order valence-electron chi connectivity index (χ1n) is 9.37. The molecule has 0 heterocycles. The molecule has 0 aliphatic carbocycles. The van der Waals surface area contributed by atoms with Gasteiger partial charge in [0.15, 0.2) is 0 Å². The summed E-state index contributed by atoms with van der Waals surface area (Å²) in [7, 11) is -9.32.